The van der Waals surface area contributed by atoms with E-state index in [1.54, 1.807) is 0 Å². The van der Waals surface area contributed by atoms with E-state index in [0.717, 1.165) is 18.9 Å². The first-order valence-electron chi connectivity index (χ1n) is 12.1. The van der Waals surface area contributed by atoms with Gasteiger partial charge in [-0.05, 0) is 67.1 Å². The highest BCUT2D eigenvalue weighted by molar-refractivity contribution is 7.89. The third-order valence-corrected chi connectivity index (χ3v) is 8.87. The number of carbonyl (C=O) groups is 1. The second kappa shape index (κ2) is 14.4. The van der Waals surface area contributed by atoms with Crippen molar-refractivity contribution in [3.05, 3.63) is 94.0 Å². The molecule has 0 fully saturated rings. The predicted molar refractivity (Wildman–Crippen MR) is 150 cm³/mol. The molecule has 0 aliphatic carbocycles. The zero-order valence-electron chi connectivity index (χ0n) is 21.0. The average Bonchev–Trinajstić information content (AvgIpc) is 2.90. The fraction of sp³-hybridized carbons (Fsp3) is 0.269. The normalized spacial score (nSPS) is 13.9. The van der Waals surface area contributed by atoms with Crippen molar-refractivity contribution < 1.29 is 36.0 Å². The largest absolute Gasteiger partial charge is 0.442 e. The lowest BCUT2D eigenvalue weighted by Crippen LogP contribution is -2.48. The number of halogens is 4. The molecule has 0 heterocycles. The Balaban J connectivity index is 1.71. The molecule has 1 unspecified atom stereocenters. The molecule has 8 nitrogen and oxygen atoms in total. The van der Waals surface area contributed by atoms with Crippen molar-refractivity contribution in [2.45, 2.75) is 42.8 Å². The number of nitrogens with one attached hydrogen (secondary N) is 2. The van der Waals surface area contributed by atoms with Crippen LogP contribution in [0.15, 0.2) is 77.7 Å². The number of amides is 1. The van der Waals surface area contributed by atoms with E-state index in [9.17, 15) is 31.5 Å². The van der Waals surface area contributed by atoms with E-state index < -0.39 is 35.7 Å². The Morgan fingerprint density at radius 1 is 0.950 bits per heavy atom. The van der Waals surface area contributed by atoms with Crippen LogP contribution in [-0.4, -0.2) is 38.0 Å². The summed E-state index contributed by atoms with van der Waals surface area (Å²) < 4.78 is 69.7. The van der Waals surface area contributed by atoms with Crippen molar-refractivity contribution in [3.8, 4) is 5.75 Å². The number of hydrogen-bond acceptors (Lipinski definition) is 5. The quantitative estimate of drug-likeness (QED) is 0.152. The van der Waals surface area contributed by atoms with Crippen LogP contribution in [0.25, 0.3) is 0 Å². The van der Waals surface area contributed by atoms with Crippen molar-refractivity contribution in [1.29, 1.82) is 0 Å². The summed E-state index contributed by atoms with van der Waals surface area (Å²) in [6, 6.07) is 17.4. The van der Waals surface area contributed by atoms with E-state index in [1.165, 1.54) is 42.0 Å². The topological polar surface area (TPSA) is 122 Å². The van der Waals surface area contributed by atoms with Gasteiger partial charge in [-0.25, -0.2) is 13.0 Å². The molecule has 0 saturated heterocycles. The standard InChI is InChI=1S/C26H27Cl2F2N2O6PS/c27-22-14-13-21(17-23(22)28)40(36,37)32-24(25(33)31-15-5-4-8-18-6-2-1-3-7-18)16-19-9-11-20(12-10-19)38-39(34,35)26(29)30/h1-3,6-7,9-14,17,24,26,32H,4-5,8,15-16H2,(H,31,33)(H,34,35)/t24-/m0/s1. The predicted octanol–water partition coefficient (Wildman–Crippen LogP) is 5.81. The Kier molecular flexibility index (Phi) is 11.5. The fourth-order valence-corrected chi connectivity index (χ4v) is 5.72. The summed E-state index contributed by atoms with van der Waals surface area (Å²) in [5, 5.41) is 2.93. The van der Waals surface area contributed by atoms with Crippen LogP contribution in [0.2, 0.25) is 10.0 Å². The number of rotatable bonds is 14. The molecular weight excluding hydrogens is 608 g/mol. The third-order valence-electron chi connectivity index (χ3n) is 5.70. The molecule has 3 aromatic carbocycles. The number of unbranched alkanes of at least 4 members (excludes halogenated alkanes) is 1. The monoisotopic (exact) mass is 634 g/mol. The molecule has 0 bridgehead atoms. The molecule has 0 aromatic heterocycles. The maximum Gasteiger partial charge on any atom is 0.442 e. The molecule has 3 rings (SSSR count). The van der Waals surface area contributed by atoms with Crippen LogP contribution >= 0.6 is 30.8 Å². The van der Waals surface area contributed by atoms with Crippen LogP contribution in [0.1, 0.15) is 24.0 Å². The highest BCUT2D eigenvalue weighted by Crippen LogP contribution is 2.48. The molecule has 3 aromatic rings. The van der Waals surface area contributed by atoms with Gasteiger partial charge < -0.3 is 14.7 Å². The minimum absolute atomic E-state index is 0.0181. The van der Waals surface area contributed by atoms with Crippen molar-refractivity contribution in [2.24, 2.45) is 0 Å². The summed E-state index contributed by atoms with van der Waals surface area (Å²) in [4.78, 5) is 22.1. The zero-order valence-corrected chi connectivity index (χ0v) is 24.2. The number of alkyl halides is 2. The first-order valence-corrected chi connectivity index (χ1v) is 15.9. The summed E-state index contributed by atoms with van der Waals surface area (Å²) in [6.45, 7) is 0.308. The Morgan fingerprint density at radius 2 is 1.62 bits per heavy atom. The molecule has 0 saturated carbocycles. The summed E-state index contributed by atoms with van der Waals surface area (Å²) in [5.74, 6) is -0.869. The van der Waals surface area contributed by atoms with Crippen molar-refractivity contribution in [2.75, 3.05) is 6.54 Å². The lowest BCUT2D eigenvalue weighted by Gasteiger charge is -2.19. The Hall–Kier alpha value is -2.53. The van der Waals surface area contributed by atoms with E-state index in [2.05, 4.69) is 14.6 Å². The second-order valence-electron chi connectivity index (χ2n) is 8.76. The van der Waals surface area contributed by atoms with Gasteiger partial charge in [-0.15, -0.1) is 0 Å². The second-order valence-corrected chi connectivity index (χ2v) is 13.0. The van der Waals surface area contributed by atoms with E-state index in [4.69, 9.17) is 23.2 Å². The molecule has 0 aliphatic heterocycles. The SMILES string of the molecule is O=C(NCCCCc1ccccc1)[C@H](Cc1ccc(OP(=O)(O)C(F)F)cc1)NS(=O)(=O)c1ccc(Cl)c(Cl)c1. The molecule has 0 aliphatic rings. The van der Waals surface area contributed by atoms with Crippen molar-refractivity contribution in [1.82, 2.24) is 10.0 Å². The summed E-state index contributed by atoms with van der Waals surface area (Å²) in [7, 11) is -9.37. The molecule has 3 N–H and O–H groups in total. The van der Waals surface area contributed by atoms with E-state index >= 15 is 0 Å². The van der Waals surface area contributed by atoms with Gasteiger partial charge in [-0.3, -0.25) is 4.79 Å². The number of aryl methyl sites for hydroxylation is 1. The van der Waals surface area contributed by atoms with Gasteiger partial charge in [-0.1, -0.05) is 65.7 Å². The van der Waals surface area contributed by atoms with E-state index in [-0.39, 0.29) is 27.1 Å². The summed E-state index contributed by atoms with van der Waals surface area (Å²) in [5.41, 5.74) is 1.60. The van der Waals surface area contributed by atoms with Crippen LogP contribution in [0.5, 0.6) is 5.75 Å². The van der Waals surface area contributed by atoms with Gasteiger partial charge in [0.2, 0.25) is 15.9 Å². The van der Waals surface area contributed by atoms with Gasteiger partial charge >= 0.3 is 13.8 Å². The summed E-state index contributed by atoms with van der Waals surface area (Å²) >= 11 is 11.9. The minimum atomic E-state index is -5.16. The van der Waals surface area contributed by atoms with Gasteiger partial charge in [0, 0.05) is 6.54 Å². The van der Waals surface area contributed by atoms with Gasteiger partial charge in [0.15, 0.2) is 0 Å². The molecule has 2 atom stereocenters. The molecule has 40 heavy (non-hydrogen) atoms. The zero-order chi connectivity index (χ0) is 29.3. The first-order chi connectivity index (χ1) is 18.9. The number of hydrogen-bond donors (Lipinski definition) is 3. The molecule has 216 valence electrons. The van der Waals surface area contributed by atoms with Crippen molar-refractivity contribution in [3.63, 3.8) is 0 Å². The van der Waals surface area contributed by atoms with Gasteiger partial charge in [-0.2, -0.15) is 13.5 Å². The number of sulfonamides is 1. The van der Waals surface area contributed by atoms with Crippen LogP contribution in [0.4, 0.5) is 8.78 Å². The van der Waals surface area contributed by atoms with Crippen LogP contribution < -0.4 is 14.6 Å². The van der Waals surface area contributed by atoms with Crippen molar-refractivity contribution >= 4 is 46.7 Å². The Morgan fingerprint density at radius 3 is 2.25 bits per heavy atom. The van der Waals surface area contributed by atoms with Gasteiger partial charge in [0.25, 0.3) is 0 Å². The molecular formula is C26H27Cl2F2N2O6PS. The third kappa shape index (κ3) is 9.54. The smallest absolute Gasteiger partial charge is 0.421 e. The maximum atomic E-state index is 13.1. The number of carbonyl (C=O) groups excluding carboxylic acids is 1. The van der Waals surface area contributed by atoms with E-state index in [0.29, 0.717) is 18.5 Å². The average molecular weight is 635 g/mol. The Labute approximate surface area is 241 Å². The lowest BCUT2D eigenvalue weighted by atomic mass is 10.1. The van der Waals surface area contributed by atoms with Crippen LogP contribution in [0, 0.1) is 0 Å². The highest BCUT2D eigenvalue weighted by Gasteiger charge is 2.34. The fourth-order valence-electron chi connectivity index (χ4n) is 3.63. The maximum absolute atomic E-state index is 13.1. The van der Waals surface area contributed by atoms with Crippen LogP contribution in [-0.2, 0) is 32.2 Å². The van der Waals surface area contributed by atoms with Crippen LogP contribution in [0.3, 0.4) is 0 Å². The lowest BCUT2D eigenvalue weighted by molar-refractivity contribution is -0.122. The Bertz CT molecular complexity index is 1450. The molecule has 0 radical (unpaired) electrons. The highest BCUT2D eigenvalue weighted by atomic mass is 35.5. The van der Waals surface area contributed by atoms with E-state index in [1.807, 2.05) is 30.3 Å². The van der Waals surface area contributed by atoms with Gasteiger partial charge in [0.05, 0.1) is 14.9 Å². The number of benzene rings is 3. The molecule has 1 amide bonds. The molecule has 0 spiro atoms. The molecule has 14 heteroatoms. The first kappa shape index (κ1) is 32.0. The summed E-state index contributed by atoms with van der Waals surface area (Å²) in [6.07, 6.45) is -1.42. The minimum Gasteiger partial charge on any atom is -0.421 e. The van der Waals surface area contributed by atoms with Gasteiger partial charge in [0.1, 0.15) is 11.8 Å².